The van der Waals surface area contributed by atoms with Gasteiger partial charge in [-0.25, -0.2) is 0 Å². The Bertz CT molecular complexity index is 327. The van der Waals surface area contributed by atoms with Crippen LogP contribution in [0.3, 0.4) is 0 Å². The molecule has 1 unspecified atom stereocenters. The predicted molar refractivity (Wildman–Crippen MR) is 61.2 cm³/mol. The first-order valence-electron chi connectivity index (χ1n) is 5.39. The highest BCUT2D eigenvalue weighted by Gasteiger charge is 2.13. The van der Waals surface area contributed by atoms with Gasteiger partial charge < -0.3 is 5.11 Å². The van der Waals surface area contributed by atoms with Gasteiger partial charge in [0.25, 0.3) is 0 Å². The normalized spacial score (nSPS) is 14.6. The van der Waals surface area contributed by atoms with E-state index in [0.29, 0.717) is 5.92 Å². The average molecular weight is 206 g/mol. The van der Waals surface area contributed by atoms with Crippen LogP contribution < -0.4 is 0 Å². The molecule has 2 nitrogen and oxygen atoms in total. The second kappa shape index (κ2) is 4.96. The molecule has 1 N–H and O–H groups in total. The monoisotopic (exact) mass is 206 g/mol. The summed E-state index contributed by atoms with van der Waals surface area (Å²) in [5.74, 6) is -0.651. The molecular weight excluding hydrogens is 188 g/mol. The van der Waals surface area contributed by atoms with Crippen LogP contribution >= 0.6 is 0 Å². The quantitative estimate of drug-likeness (QED) is 0.819. The summed E-state index contributed by atoms with van der Waals surface area (Å²) in [7, 11) is 0. The molecule has 1 aromatic carbocycles. The highest BCUT2D eigenvalue weighted by atomic mass is 16.4. The van der Waals surface area contributed by atoms with E-state index in [1.807, 2.05) is 24.3 Å². The lowest BCUT2D eigenvalue weighted by atomic mass is 9.94. The molecule has 0 aromatic heterocycles. The van der Waals surface area contributed by atoms with Gasteiger partial charge in [-0.15, -0.1) is 0 Å². The molecule has 0 saturated heterocycles. The molecule has 0 aliphatic carbocycles. The van der Waals surface area contributed by atoms with Crippen molar-refractivity contribution in [1.82, 2.24) is 0 Å². The van der Waals surface area contributed by atoms with Crippen molar-refractivity contribution in [3.8, 4) is 0 Å². The maximum atomic E-state index is 10.8. The van der Waals surface area contributed by atoms with Crippen LogP contribution in [0.15, 0.2) is 24.3 Å². The van der Waals surface area contributed by atoms with Crippen LogP contribution in [0.1, 0.15) is 50.2 Å². The van der Waals surface area contributed by atoms with E-state index in [-0.39, 0.29) is 0 Å². The number of aliphatic carboxylic acids is 1. The first kappa shape index (κ1) is 11.8. The van der Waals surface area contributed by atoms with Crippen LogP contribution in [0.2, 0.25) is 0 Å². The maximum absolute atomic E-state index is 10.8. The minimum absolute atomic E-state index is 0.420. The lowest BCUT2D eigenvalue weighted by Crippen LogP contribution is -2.07. The Morgan fingerprint density at radius 1 is 1.20 bits per heavy atom. The Kier molecular flexibility index (Phi) is 3.89. The van der Waals surface area contributed by atoms with Crippen LogP contribution in [0.4, 0.5) is 0 Å². The zero-order valence-corrected chi connectivity index (χ0v) is 9.53. The summed E-state index contributed by atoms with van der Waals surface area (Å²) in [5, 5.41) is 8.86. The second-order valence-electron chi connectivity index (χ2n) is 4.04. The molecule has 0 aliphatic heterocycles. The number of carboxylic acid groups (broad SMARTS) is 1. The highest BCUT2D eigenvalue weighted by molar-refractivity contribution is 5.75. The van der Waals surface area contributed by atoms with Crippen LogP contribution in [-0.4, -0.2) is 11.1 Å². The van der Waals surface area contributed by atoms with E-state index in [2.05, 4.69) is 13.8 Å². The summed E-state index contributed by atoms with van der Waals surface area (Å²) in [4.78, 5) is 10.8. The summed E-state index contributed by atoms with van der Waals surface area (Å²) in [5.41, 5.74) is 2.15. The Labute approximate surface area is 90.9 Å². The van der Waals surface area contributed by atoms with Crippen molar-refractivity contribution in [3.63, 3.8) is 0 Å². The van der Waals surface area contributed by atoms with Gasteiger partial charge in [0.05, 0.1) is 5.92 Å². The SMILES string of the molecule is CCC(C)c1ccc([C@H](C)C(=O)O)cc1. The first-order valence-corrected chi connectivity index (χ1v) is 5.39. The summed E-state index contributed by atoms with van der Waals surface area (Å²) in [6.07, 6.45) is 1.10. The molecule has 1 aromatic rings. The van der Waals surface area contributed by atoms with Crippen molar-refractivity contribution in [2.24, 2.45) is 0 Å². The van der Waals surface area contributed by atoms with E-state index in [9.17, 15) is 4.79 Å². The van der Waals surface area contributed by atoms with Crippen molar-refractivity contribution >= 4 is 5.97 Å². The van der Waals surface area contributed by atoms with Gasteiger partial charge in [-0.05, 0) is 30.4 Å². The summed E-state index contributed by atoms with van der Waals surface area (Å²) < 4.78 is 0. The lowest BCUT2D eigenvalue weighted by molar-refractivity contribution is -0.138. The van der Waals surface area contributed by atoms with Crippen molar-refractivity contribution in [2.45, 2.75) is 39.0 Å². The van der Waals surface area contributed by atoms with Gasteiger partial charge in [0.1, 0.15) is 0 Å². The fourth-order valence-corrected chi connectivity index (χ4v) is 1.49. The molecule has 0 saturated carbocycles. The Balaban J connectivity index is 2.85. The minimum Gasteiger partial charge on any atom is -0.481 e. The molecular formula is C13H18O2. The smallest absolute Gasteiger partial charge is 0.310 e. The Hall–Kier alpha value is -1.31. The third-order valence-electron chi connectivity index (χ3n) is 2.99. The number of benzene rings is 1. The van der Waals surface area contributed by atoms with Crippen LogP contribution in [0.5, 0.6) is 0 Å². The van der Waals surface area contributed by atoms with E-state index in [1.54, 1.807) is 6.92 Å². The van der Waals surface area contributed by atoms with Gasteiger partial charge in [0, 0.05) is 0 Å². The standard InChI is InChI=1S/C13H18O2/c1-4-9(2)11-5-7-12(8-6-11)10(3)13(14)15/h5-10H,4H2,1-3H3,(H,14,15)/t9?,10-/m0/s1. The third kappa shape index (κ3) is 2.82. The summed E-state index contributed by atoms with van der Waals surface area (Å²) in [6, 6.07) is 7.90. The van der Waals surface area contributed by atoms with Gasteiger partial charge in [0.2, 0.25) is 0 Å². The zero-order chi connectivity index (χ0) is 11.4. The molecule has 0 aliphatic rings. The van der Waals surface area contributed by atoms with Gasteiger partial charge >= 0.3 is 5.97 Å². The molecule has 0 spiro atoms. The third-order valence-corrected chi connectivity index (χ3v) is 2.99. The van der Waals surface area contributed by atoms with Crippen molar-refractivity contribution in [1.29, 1.82) is 0 Å². The highest BCUT2D eigenvalue weighted by Crippen LogP contribution is 2.22. The van der Waals surface area contributed by atoms with E-state index < -0.39 is 11.9 Å². The van der Waals surface area contributed by atoms with E-state index >= 15 is 0 Å². The molecule has 0 amide bonds. The van der Waals surface area contributed by atoms with Crippen LogP contribution in [-0.2, 0) is 4.79 Å². The van der Waals surface area contributed by atoms with Crippen molar-refractivity contribution < 1.29 is 9.90 Å². The second-order valence-corrected chi connectivity index (χ2v) is 4.04. The van der Waals surface area contributed by atoms with Crippen molar-refractivity contribution in [2.75, 3.05) is 0 Å². The van der Waals surface area contributed by atoms with Crippen molar-refractivity contribution in [3.05, 3.63) is 35.4 Å². The van der Waals surface area contributed by atoms with Gasteiger partial charge in [-0.2, -0.15) is 0 Å². The van der Waals surface area contributed by atoms with E-state index in [1.165, 1.54) is 5.56 Å². The molecule has 1 rings (SSSR count). The van der Waals surface area contributed by atoms with E-state index in [0.717, 1.165) is 12.0 Å². The number of rotatable bonds is 4. The molecule has 0 bridgehead atoms. The summed E-state index contributed by atoms with van der Waals surface area (Å²) >= 11 is 0. The number of carbonyl (C=O) groups is 1. The molecule has 2 atom stereocenters. The molecule has 2 heteroatoms. The molecule has 0 radical (unpaired) electrons. The number of hydrogen-bond donors (Lipinski definition) is 1. The predicted octanol–water partition coefficient (Wildman–Crippen LogP) is 3.39. The largest absolute Gasteiger partial charge is 0.481 e. The molecule has 0 heterocycles. The van der Waals surface area contributed by atoms with E-state index in [4.69, 9.17) is 5.11 Å². The maximum Gasteiger partial charge on any atom is 0.310 e. The first-order chi connectivity index (χ1) is 7.06. The van der Waals surface area contributed by atoms with Crippen LogP contribution in [0, 0.1) is 0 Å². The fourth-order valence-electron chi connectivity index (χ4n) is 1.49. The summed E-state index contributed by atoms with van der Waals surface area (Å²) in [6.45, 7) is 6.04. The Morgan fingerprint density at radius 2 is 1.67 bits per heavy atom. The number of carboxylic acids is 1. The topological polar surface area (TPSA) is 37.3 Å². The molecule has 0 fully saturated rings. The number of hydrogen-bond acceptors (Lipinski definition) is 1. The van der Waals surface area contributed by atoms with Gasteiger partial charge in [-0.1, -0.05) is 38.1 Å². The molecule has 82 valence electrons. The Morgan fingerprint density at radius 3 is 2.07 bits per heavy atom. The van der Waals surface area contributed by atoms with Crippen LogP contribution in [0.25, 0.3) is 0 Å². The fraction of sp³-hybridized carbons (Fsp3) is 0.462. The van der Waals surface area contributed by atoms with Gasteiger partial charge in [0.15, 0.2) is 0 Å². The zero-order valence-electron chi connectivity index (χ0n) is 9.53. The van der Waals surface area contributed by atoms with Gasteiger partial charge in [-0.3, -0.25) is 4.79 Å². The lowest BCUT2D eigenvalue weighted by Gasteiger charge is -2.11. The minimum atomic E-state index is -0.772. The molecule has 15 heavy (non-hydrogen) atoms. The average Bonchev–Trinajstić information content (AvgIpc) is 2.27.